The fourth-order valence-corrected chi connectivity index (χ4v) is 2.35. The molecule has 1 aliphatic carbocycles. The van der Waals surface area contributed by atoms with Crippen LogP contribution < -0.4 is 5.32 Å². The molecule has 1 fully saturated rings. The molecule has 1 aliphatic rings. The lowest BCUT2D eigenvalue weighted by atomic mass is 9.93. The van der Waals surface area contributed by atoms with E-state index >= 15 is 0 Å². The van der Waals surface area contributed by atoms with Gasteiger partial charge in [-0.3, -0.25) is 14.9 Å². The van der Waals surface area contributed by atoms with Gasteiger partial charge in [-0.15, -0.1) is 0 Å². The lowest BCUT2D eigenvalue weighted by Gasteiger charge is -2.26. The van der Waals surface area contributed by atoms with E-state index in [1.54, 1.807) is 0 Å². The van der Waals surface area contributed by atoms with Gasteiger partial charge in [0.15, 0.2) is 0 Å². The number of carbonyl (C=O) groups is 1. The van der Waals surface area contributed by atoms with E-state index in [0.717, 1.165) is 6.07 Å². The van der Waals surface area contributed by atoms with Crippen molar-refractivity contribution in [3.63, 3.8) is 0 Å². The van der Waals surface area contributed by atoms with Crippen molar-refractivity contribution in [2.75, 3.05) is 0 Å². The zero-order valence-corrected chi connectivity index (χ0v) is 10.8. The largest absolute Gasteiger partial charge is 0.502 e. The van der Waals surface area contributed by atoms with Crippen molar-refractivity contribution in [2.24, 2.45) is 0 Å². The highest BCUT2D eigenvalue weighted by atomic mass is 16.6. The number of benzene rings is 1. The number of rotatable bonds is 3. The highest BCUT2D eigenvalue weighted by Crippen LogP contribution is 2.29. The Morgan fingerprint density at radius 1 is 1.30 bits per heavy atom. The van der Waals surface area contributed by atoms with Crippen molar-refractivity contribution in [3.8, 4) is 5.75 Å². The molecule has 0 radical (unpaired) electrons. The first-order valence-electron chi connectivity index (χ1n) is 6.44. The highest BCUT2D eigenvalue weighted by Gasteiger charge is 2.25. The molecule has 1 aromatic carbocycles. The van der Waals surface area contributed by atoms with Gasteiger partial charge >= 0.3 is 5.69 Å². The third-order valence-electron chi connectivity index (χ3n) is 3.49. The highest BCUT2D eigenvalue weighted by molar-refractivity contribution is 5.98. The summed E-state index contributed by atoms with van der Waals surface area (Å²) in [4.78, 5) is 22.0. The van der Waals surface area contributed by atoms with Crippen molar-refractivity contribution < 1.29 is 19.9 Å². The van der Waals surface area contributed by atoms with E-state index in [-0.39, 0.29) is 17.7 Å². The smallest absolute Gasteiger partial charge is 0.311 e. The van der Waals surface area contributed by atoms with Crippen LogP contribution in [-0.2, 0) is 0 Å². The Bertz CT molecular complexity index is 523. The van der Waals surface area contributed by atoms with Gasteiger partial charge in [0, 0.05) is 12.1 Å². The predicted octanol–water partition coefficient (Wildman–Crippen LogP) is 1.33. The molecule has 0 saturated heterocycles. The number of aliphatic hydroxyl groups excluding tert-OH is 1. The second-order valence-electron chi connectivity index (χ2n) is 4.91. The number of phenols is 1. The minimum atomic E-state index is -0.733. The van der Waals surface area contributed by atoms with Crippen LogP contribution in [0.25, 0.3) is 0 Å². The third kappa shape index (κ3) is 3.05. The molecule has 3 N–H and O–H groups in total. The molecule has 1 saturated carbocycles. The molecule has 1 amide bonds. The molecule has 0 spiro atoms. The summed E-state index contributed by atoms with van der Waals surface area (Å²) in [6.45, 7) is 0. The van der Waals surface area contributed by atoms with E-state index < -0.39 is 22.3 Å². The summed E-state index contributed by atoms with van der Waals surface area (Å²) < 4.78 is 0. The number of para-hydroxylation sites is 1. The number of aliphatic hydroxyl groups is 1. The number of nitrogens with zero attached hydrogens (tertiary/aromatic N) is 1. The number of hydrogen-bond donors (Lipinski definition) is 3. The zero-order chi connectivity index (χ0) is 14.7. The van der Waals surface area contributed by atoms with Crippen LogP contribution in [0.5, 0.6) is 5.75 Å². The van der Waals surface area contributed by atoms with Crippen LogP contribution in [0.1, 0.15) is 36.0 Å². The fraction of sp³-hybridized carbons (Fsp3) is 0.462. The van der Waals surface area contributed by atoms with E-state index in [9.17, 15) is 25.1 Å². The predicted molar refractivity (Wildman–Crippen MR) is 70.5 cm³/mol. The summed E-state index contributed by atoms with van der Waals surface area (Å²) in [5, 5.41) is 32.6. The Morgan fingerprint density at radius 3 is 2.55 bits per heavy atom. The minimum Gasteiger partial charge on any atom is -0.502 e. The van der Waals surface area contributed by atoms with Gasteiger partial charge in [-0.1, -0.05) is 6.07 Å². The van der Waals surface area contributed by atoms with Gasteiger partial charge in [0.2, 0.25) is 5.75 Å². The molecule has 20 heavy (non-hydrogen) atoms. The molecule has 0 unspecified atom stereocenters. The first-order chi connectivity index (χ1) is 9.49. The number of nitrogens with one attached hydrogen (secondary N) is 1. The van der Waals surface area contributed by atoms with E-state index in [4.69, 9.17) is 0 Å². The number of nitro groups is 1. The number of phenolic OH excluding ortho intramolecular Hbond substituents is 1. The Labute approximate surface area is 115 Å². The second-order valence-corrected chi connectivity index (χ2v) is 4.91. The summed E-state index contributed by atoms with van der Waals surface area (Å²) in [7, 11) is 0. The first-order valence-corrected chi connectivity index (χ1v) is 6.44. The normalized spacial score (nSPS) is 22.2. The maximum atomic E-state index is 12.0. The van der Waals surface area contributed by atoms with Crippen LogP contribution in [0, 0.1) is 10.1 Å². The molecule has 0 aromatic heterocycles. The molecule has 7 nitrogen and oxygen atoms in total. The summed E-state index contributed by atoms with van der Waals surface area (Å²) in [6.07, 6.45) is 2.22. The van der Waals surface area contributed by atoms with Crippen LogP contribution in [-0.4, -0.2) is 33.2 Å². The van der Waals surface area contributed by atoms with Gasteiger partial charge in [0.25, 0.3) is 5.91 Å². The average molecular weight is 280 g/mol. The maximum Gasteiger partial charge on any atom is 0.311 e. The summed E-state index contributed by atoms with van der Waals surface area (Å²) in [5.41, 5.74) is -0.595. The number of hydrogen-bond acceptors (Lipinski definition) is 5. The Balaban J connectivity index is 2.10. The molecule has 0 heterocycles. The SMILES string of the molecule is O=C(NC1CCC(O)CC1)c1cccc([N+](=O)[O-])c1O. The maximum absolute atomic E-state index is 12.0. The molecule has 1 aromatic rings. The second kappa shape index (κ2) is 5.87. The summed E-state index contributed by atoms with van der Waals surface area (Å²) in [5.74, 6) is -1.15. The van der Waals surface area contributed by atoms with Crippen LogP contribution in [0.3, 0.4) is 0 Å². The summed E-state index contributed by atoms with van der Waals surface area (Å²) in [6, 6.07) is 3.76. The molecule has 0 bridgehead atoms. The summed E-state index contributed by atoms with van der Waals surface area (Å²) >= 11 is 0. The van der Waals surface area contributed by atoms with Gasteiger partial charge in [0.05, 0.1) is 16.6 Å². The Morgan fingerprint density at radius 2 is 1.95 bits per heavy atom. The average Bonchev–Trinajstić information content (AvgIpc) is 2.41. The van der Waals surface area contributed by atoms with Gasteiger partial charge in [0.1, 0.15) is 0 Å². The standard InChI is InChI=1S/C13H16N2O5/c16-9-6-4-8(5-7-9)14-13(18)10-2-1-3-11(12(10)17)15(19)20/h1-3,8-9,16-17H,4-7H2,(H,14,18). The topological polar surface area (TPSA) is 113 Å². The quantitative estimate of drug-likeness (QED) is 0.571. The van der Waals surface area contributed by atoms with E-state index in [1.165, 1.54) is 12.1 Å². The van der Waals surface area contributed by atoms with Gasteiger partial charge in [-0.05, 0) is 31.7 Å². The first kappa shape index (κ1) is 14.3. The van der Waals surface area contributed by atoms with Crippen molar-refractivity contribution in [1.82, 2.24) is 5.32 Å². The molecule has 7 heteroatoms. The van der Waals surface area contributed by atoms with Gasteiger partial charge in [-0.2, -0.15) is 0 Å². The number of carbonyl (C=O) groups excluding carboxylic acids is 1. The number of nitro benzene ring substituents is 1. The molecular formula is C13H16N2O5. The Kier molecular flexibility index (Phi) is 4.19. The van der Waals surface area contributed by atoms with Crippen molar-refractivity contribution >= 4 is 11.6 Å². The zero-order valence-electron chi connectivity index (χ0n) is 10.8. The van der Waals surface area contributed by atoms with Crippen molar-refractivity contribution in [3.05, 3.63) is 33.9 Å². The van der Waals surface area contributed by atoms with Crippen LogP contribution in [0.2, 0.25) is 0 Å². The lowest BCUT2D eigenvalue weighted by molar-refractivity contribution is -0.385. The van der Waals surface area contributed by atoms with E-state index in [1.807, 2.05) is 0 Å². The van der Waals surface area contributed by atoms with Crippen LogP contribution in [0.4, 0.5) is 5.69 Å². The van der Waals surface area contributed by atoms with Crippen molar-refractivity contribution in [2.45, 2.75) is 37.8 Å². The molecular weight excluding hydrogens is 264 g/mol. The third-order valence-corrected chi connectivity index (χ3v) is 3.49. The molecule has 0 aliphatic heterocycles. The van der Waals surface area contributed by atoms with E-state index in [0.29, 0.717) is 25.7 Å². The molecule has 2 rings (SSSR count). The Hall–Kier alpha value is -2.15. The van der Waals surface area contributed by atoms with Crippen LogP contribution in [0.15, 0.2) is 18.2 Å². The van der Waals surface area contributed by atoms with Crippen LogP contribution >= 0.6 is 0 Å². The minimum absolute atomic E-state index is 0.0791. The van der Waals surface area contributed by atoms with Gasteiger partial charge in [-0.25, -0.2) is 0 Å². The molecule has 0 atom stereocenters. The monoisotopic (exact) mass is 280 g/mol. The van der Waals surface area contributed by atoms with E-state index in [2.05, 4.69) is 5.32 Å². The number of amides is 1. The van der Waals surface area contributed by atoms with Crippen molar-refractivity contribution in [1.29, 1.82) is 0 Å². The molecule has 108 valence electrons. The van der Waals surface area contributed by atoms with Gasteiger partial charge < -0.3 is 15.5 Å². The fourth-order valence-electron chi connectivity index (χ4n) is 2.35. The lowest BCUT2D eigenvalue weighted by Crippen LogP contribution is -2.38. The number of aromatic hydroxyl groups is 1.